The van der Waals surface area contributed by atoms with Crippen molar-refractivity contribution in [1.82, 2.24) is 0 Å². The third kappa shape index (κ3) is 14.8. The first-order valence-electron chi connectivity index (χ1n) is 17.3. The molecule has 0 bridgehead atoms. The van der Waals surface area contributed by atoms with E-state index in [1.807, 2.05) is 19.6 Å². The van der Waals surface area contributed by atoms with E-state index in [-0.39, 0.29) is 0 Å². The lowest BCUT2D eigenvalue weighted by molar-refractivity contribution is -0.0547. The second-order valence-electron chi connectivity index (χ2n) is 15.4. The molecule has 1 N–H and O–H groups in total. The third-order valence-corrected chi connectivity index (χ3v) is 25.7. The van der Waals surface area contributed by atoms with Gasteiger partial charge in [0.05, 0.1) is 21.7 Å². The van der Waals surface area contributed by atoms with E-state index in [9.17, 15) is 4.79 Å². The lowest BCUT2D eigenvalue weighted by atomic mass is 10.1. The summed E-state index contributed by atoms with van der Waals surface area (Å²) < 4.78 is 8.12. The van der Waals surface area contributed by atoms with E-state index in [0.29, 0.717) is 17.7 Å². The van der Waals surface area contributed by atoms with Crippen LogP contribution < -0.4 is 0 Å². The van der Waals surface area contributed by atoms with Gasteiger partial charge in [0.15, 0.2) is 0 Å². The number of hydrogen-bond acceptors (Lipinski definition) is 5. The first-order chi connectivity index (χ1) is 21.6. The summed E-state index contributed by atoms with van der Waals surface area (Å²) in [6.45, 7) is 39.2. The summed E-state index contributed by atoms with van der Waals surface area (Å²) >= 11 is 0. The van der Waals surface area contributed by atoms with Gasteiger partial charge in [-0.1, -0.05) is 178 Å². The average Bonchev–Trinajstić information content (AvgIpc) is 3.24. The highest BCUT2D eigenvalue weighted by Crippen LogP contribution is 2.45. The van der Waals surface area contributed by atoms with E-state index < -0.39 is 36.6 Å². The van der Waals surface area contributed by atoms with Crippen LogP contribution in [0.4, 0.5) is 0 Å². The maximum Gasteiger partial charge on any atom is 0.341 e. The van der Waals surface area contributed by atoms with Crippen LogP contribution in [0.1, 0.15) is 112 Å². The van der Waals surface area contributed by atoms with Gasteiger partial charge in [0.2, 0.25) is 6.29 Å². The van der Waals surface area contributed by atoms with E-state index in [2.05, 4.69) is 120 Å². The minimum atomic E-state index is -1.45. The summed E-state index contributed by atoms with van der Waals surface area (Å²) in [6.07, 6.45) is 2.13. The number of carbonyl (C=O) groups is 1. The van der Waals surface area contributed by atoms with Crippen LogP contribution in [0.2, 0.25) is 65.0 Å². The molecule has 1 heterocycles. The Kier molecular flexibility index (Phi) is 22.2. The van der Waals surface area contributed by atoms with Crippen LogP contribution in [-0.4, -0.2) is 42.0 Å². The van der Waals surface area contributed by atoms with Crippen molar-refractivity contribution < 1.29 is 14.6 Å². The Balaban J connectivity index is 0. The molecule has 0 saturated heterocycles. The lowest BCUT2D eigenvalue weighted by Crippen LogP contribution is -2.44. The minimum Gasteiger partial charge on any atom is -0.428 e. The average molecular weight is 705 g/mol. The fourth-order valence-corrected chi connectivity index (χ4v) is 20.3. The van der Waals surface area contributed by atoms with Crippen molar-refractivity contribution in [2.45, 2.75) is 161 Å². The zero-order valence-electron chi connectivity index (χ0n) is 32.4. The van der Waals surface area contributed by atoms with Crippen molar-refractivity contribution in [1.29, 1.82) is 0 Å². The summed E-state index contributed by atoms with van der Waals surface area (Å²) in [5, 5.41) is 12.8. The zero-order chi connectivity index (χ0) is 37.2. The lowest BCUT2D eigenvalue weighted by Gasteiger charge is -2.43. The van der Waals surface area contributed by atoms with Crippen molar-refractivity contribution in [3.8, 4) is 0 Å². The molecule has 12 heteroatoms. The Bertz CT molecular complexity index is 1130. The summed E-state index contributed by atoms with van der Waals surface area (Å²) in [4.78, 5) is 16.4. The summed E-state index contributed by atoms with van der Waals surface area (Å²) in [5.74, 6) is -0.451. The fraction of sp³-hybridized carbons (Fsp3) is 0.743. The van der Waals surface area contributed by atoms with E-state index in [0.717, 1.165) is 39.7 Å². The van der Waals surface area contributed by atoms with Gasteiger partial charge in [0.25, 0.3) is 0 Å². The number of azide groups is 2. The van der Waals surface area contributed by atoms with Crippen LogP contribution in [0.3, 0.4) is 0 Å². The maximum atomic E-state index is 10.9. The summed E-state index contributed by atoms with van der Waals surface area (Å²) in [7, 11) is -3.86. The number of aliphatic hydroxyl groups is 1. The Morgan fingerprint density at radius 1 is 0.830 bits per heavy atom. The Morgan fingerprint density at radius 2 is 1.28 bits per heavy atom. The van der Waals surface area contributed by atoms with Gasteiger partial charge in [0, 0.05) is 17.0 Å². The molecule has 1 aliphatic heterocycles. The molecular weight excluding hydrogens is 637 g/mol. The molecule has 0 aromatic heterocycles. The SMILES string of the molecule is C=CC[Si](C(C)C)(C(C)C)C(C)C.CC(C)[Si](CCCN=[N+]=[N-])(C(C)C)C(C)C.C[Si](C)(C)N=[N+]=[N-].O=C1OC(O)c2ccccc21. The predicted octanol–water partition coefficient (Wildman–Crippen LogP) is 13.2. The number of allylic oxidation sites excluding steroid dienone is 1. The number of benzene rings is 1. The number of cyclic esters (lactones) is 1. The smallest absolute Gasteiger partial charge is 0.341 e. The highest BCUT2D eigenvalue weighted by atomic mass is 28.3. The normalized spacial score (nSPS) is 14.3. The topological polar surface area (TPSA) is 144 Å². The summed E-state index contributed by atoms with van der Waals surface area (Å²) in [6, 6.07) is 9.36. The van der Waals surface area contributed by atoms with Gasteiger partial charge >= 0.3 is 5.97 Å². The molecule has 1 aliphatic rings. The second-order valence-corrected chi connectivity index (χ2v) is 32.2. The first-order valence-corrected chi connectivity index (χ1v) is 25.6. The molecule has 9 nitrogen and oxygen atoms in total. The molecule has 47 heavy (non-hydrogen) atoms. The van der Waals surface area contributed by atoms with E-state index in [4.69, 9.17) is 16.2 Å². The second kappa shape index (κ2) is 22.3. The monoisotopic (exact) mass is 704 g/mol. The fourth-order valence-electron chi connectivity index (χ4n) is 7.58. The highest BCUT2D eigenvalue weighted by Gasteiger charge is 2.42. The largest absolute Gasteiger partial charge is 0.428 e. The Labute approximate surface area is 290 Å². The number of esters is 1. The first kappa shape index (κ1) is 46.8. The van der Waals surface area contributed by atoms with E-state index in [1.54, 1.807) is 24.3 Å². The van der Waals surface area contributed by atoms with Crippen molar-refractivity contribution in [3.05, 3.63) is 68.9 Å². The Hall–Kier alpha value is -2.34. The van der Waals surface area contributed by atoms with Gasteiger partial charge in [-0.15, -0.1) is 11.4 Å². The third-order valence-electron chi connectivity index (χ3n) is 9.89. The van der Waals surface area contributed by atoms with Gasteiger partial charge in [0.1, 0.15) is 8.24 Å². The van der Waals surface area contributed by atoms with Crippen LogP contribution >= 0.6 is 0 Å². The molecule has 0 fully saturated rings. The van der Waals surface area contributed by atoms with Crippen LogP contribution in [0.25, 0.3) is 20.9 Å². The minimum absolute atomic E-state index is 0.451. The molecule has 1 aromatic rings. The van der Waals surface area contributed by atoms with E-state index >= 15 is 0 Å². The van der Waals surface area contributed by atoms with E-state index in [1.165, 1.54) is 12.1 Å². The molecule has 2 rings (SSSR count). The van der Waals surface area contributed by atoms with Crippen molar-refractivity contribution in [2.75, 3.05) is 6.54 Å². The van der Waals surface area contributed by atoms with Crippen LogP contribution in [-0.2, 0) is 4.74 Å². The number of carbonyl (C=O) groups excluding carboxylic acids is 1. The van der Waals surface area contributed by atoms with Crippen molar-refractivity contribution in [3.63, 3.8) is 0 Å². The van der Waals surface area contributed by atoms with Gasteiger partial charge in [-0.05, 0) is 28.1 Å². The van der Waals surface area contributed by atoms with Crippen LogP contribution in [0, 0.1) is 0 Å². The number of aliphatic hydroxyl groups excluding tert-OH is 1. The zero-order valence-corrected chi connectivity index (χ0v) is 35.4. The van der Waals surface area contributed by atoms with Gasteiger partial charge in [-0.25, -0.2) is 4.79 Å². The number of fused-ring (bicyclic) bond motifs is 1. The molecule has 0 saturated carbocycles. The molecule has 1 aromatic carbocycles. The predicted molar refractivity (Wildman–Crippen MR) is 210 cm³/mol. The van der Waals surface area contributed by atoms with Gasteiger partial charge in [-0.3, -0.25) is 0 Å². The van der Waals surface area contributed by atoms with Gasteiger partial charge < -0.3 is 9.84 Å². The van der Waals surface area contributed by atoms with Crippen LogP contribution in [0.15, 0.2) is 46.8 Å². The standard InChI is InChI=1S/C12H27N3Si.C12H26Si.C8H6O3.C3H9N3Si/c1-10(2)16(11(3)4,12(5)6)9-7-8-14-15-13;1-8-9-13(10(2)3,11(4)5)12(6)7;9-7-5-3-1-2-4-6(5)8(10)11-7;1-7(2,3)6-5-4/h10-12H,7-9H2,1-6H3;8,10-12H,1,9H2,2-7H3;1-4,7,9H;1-3H3. The molecule has 1 atom stereocenters. The maximum absolute atomic E-state index is 10.9. The molecular formula is C35H68N6O3Si3. The quantitative estimate of drug-likeness (QED) is 0.0415. The molecule has 1 unspecified atom stereocenters. The highest BCUT2D eigenvalue weighted by molar-refractivity contribution is 6.84. The molecule has 0 spiro atoms. The number of ether oxygens (including phenoxy) is 1. The Morgan fingerprint density at radius 3 is 1.57 bits per heavy atom. The van der Waals surface area contributed by atoms with Crippen molar-refractivity contribution >= 4 is 30.4 Å². The summed E-state index contributed by atoms with van der Waals surface area (Å²) in [5.41, 5.74) is 22.2. The van der Waals surface area contributed by atoms with Crippen molar-refractivity contribution in [2.24, 2.45) is 9.89 Å². The number of nitrogens with zero attached hydrogens (tertiary/aromatic N) is 6. The van der Waals surface area contributed by atoms with Gasteiger partial charge in [-0.2, -0.15) is 0 Å². The molecule has 0 radical (unpaired) electrons. The molecule has 0 amide bonds. The number of rotatable bonds is 13. The molecule has 0 aliphatic carbocycles. The molecule has 268 valence electrons. The number of hydrogen-bond donors (Lipinski definition) is 1. The van der Waals surface area contributed by atoms with Crippen LogP contribution in [0.5, 0.6) is 0 Å².